The Labute approximate surface area is 130 Å². The van der Waals surface area contributed by atoms with Gasteiger partial charge in [0.1, 0.15) is 5.75 Å². The molecule has 0 spiro atoms. The molecule has 0 radical (unpaired) electrons. The van der Waals surface area contributed by atoms with Crippen molar-refractivity contribution in [3.8, 4) is 16.9 Å². The third-order valence-corrected chi connectivity index (χ3v) is 4.06. The second-order valence-electron chi connectivity index (χ2n) is 5.52. The number of morpholine rings is 1. The van der Waals surface area contributed by atoms with Crippen molar-refractivity contribution in [2.24, 2.45) is 7.05 Å². The first kappa shape index (κ1) is 14.7. The summed E-state index contributed by atoms with van der Waals surface area (Å²) in [6.45, 7) is 5.25. The Bertz CT molecular complexity index is 675. The Balaban J connectivity index is 2.18. The van der Waals surface area contributed by atoms with Gasteiger partial charge in [0.05, 0.1) is 37.9 Å². The van der Waals surface area contributed by atoms with Gasteiger partial charge in [0, 0.05) is 43.0 Å². The lowest BCUT2D eigenvalue weighted by Gasteiger charge is -2.32. The number of nitrogen functional groups attached to an aromatic ring is 1. The van der Waals surface area contributed by atoms with Crippen LogP contribution < -0.4 is 15.4 Å². The number of aromatic nitrogens is 2. The zero-order valence-electron chi connectivity index (χ0n) is 13.3. The second-order valence-corrected chi connectivity index (χ2v) is 5.52. The number of nitrogens with two attached hydrogens (primary N) is 1. The number of methoxy groups -OCH3 is 1. The summed E-state index contributed by atoms with van der Waals surface area (Å²) in [7, 11) is 3.57. The molecule has 2 N–H and O–H groups in total. The fraction of sp³-hybridized carbons (Fsp3) is 0.438. The van der Waals surface area contributed by atoms with E-state index in [0.717, 1.165) is 54.4 Å². The van der Waals surface area contributed by atoms with Gasteiger partial charge in [0.15, 0.2) is 0 Å². The summed E-state index contributed by atoms with van der Waals surface area (Å²) in [5.41, 5.74) is 11.2. The molecule has 3 rings (SSSR count). The second kappa shape index (κ2) is 5.88. The van der Waals surface area contributed by atoms with Gasteiger partial charge in [0.2, 0.25) is 0 Å². The first-order valence-electron chi connectivity index (χ1n) is 7.40. The lowest BCUT2D eigenvalue weighted by Crippen LogP contribution is -2.37. The number of aryl methyl sites for hydroxylation is 1. The predicted octanol–water partition coefficient (Wildman–Crippen LogP) is 1.82. The molecule has 6 nitrogen and oxygen atoms in total. The molecule has 1 aliphatic heterocycles. The maximum atomic E-state index is 6.18. The van der Waals surface area contributed by atoms with Gasteiger partial charge in [-0.3, -0.25) is 4.68 Å². The molecule has 1 fully saturated rings. The third kappa shape index (κ3) is 2.50. The van der Waals surface area contributed by atoms with Gasteiger partial charge >= 0.3 is 0 Å². The molecule has 118 valence electrons. The Morgan fingerprint density at radius 3 is 2.64 bits per heavy atom. The van der Waals surface area contributed by atoms with Crippen LogP contribution in [0.1, 0.15) is 5.56 Å². The van der Waals surface area contributed by atoms with Crippen molar-refractivity contribution < 1.29 is 9.47 Å². The minimum absolute atomic E-state index is 0.649. The molecule has 1 aliphatic rings. The Kier molecular flexibility index (Phi) is 3.94. The summed E-state index contributed by atoms with van der Waals surface area (Å²) < 4.78 is 12.8. The Morgan fingerprint density at radius 1 is 1.32 bits per heavy atom. The SMILES string of the molecule is COc1c(N)cc(-c2cnn(C)c2)c(N2CCOCC2)c1C. The lowest BCUT2D eigenvalue weighted by atomic mass is 9.99. The van der Waals surface area contributed by atoms with E-state index in [1.165, 1.54) is 0 Å². The van der Waals surface area contributed by atoms with Crippen molar-refractivity contribution in [2.75, 3.05) is 44.0 Å². The highest BCUT2D eigenvalue weighted by molar-refractivity contribution is 5.86. The van der Waals surface area contributed by atoms with Gasteiger partial charge in [-0.05, 0) is 13.0 Å². The van der Waals surface area contributed by atoms with Gasteiger partial charge in [0.25, 0.3) is 0 Å². The average Bonchev–Trinajstić information content (AvgIpc) is 2.94. The van der Waals surface area contributed by atoms with E-state index in [1.54, 1.807) is 11.8 Å². The van der Waals surface area contributed by atoms with Gasteiger partial charge in [-0.25, -0.2) is 0 Å². The summed E-state index contributed by atoms with van der Waals surface area (Å²) in [5.74, 6) is 0.745. The lowest BCUT2D eigenvalue weighted by molar-refractivity contribution is 0.122. The van der Waals surface area contributed by atoms with E-state index >= 15 is 0 Å². The highest BCUT2D eigenvalue weighted by Crippen LogP contribution is 2.42. The molecule has 1 aromatic heterocycles. The molecular weight excluding hydrogens is 280 g/mol. The van der Waals surface area contributed by atoms with Gasteiger partial charge in [-0.2, -0.15) is 5.10 Å². The third-order valence-electron chi connectivity index (χ3n) is 4.06. The highest BCUT2D eigenvalue weighted by atomic mass is 16.5. The fourth-order valence-electron chi connectivity index (χ4n) is 3.06. The normalized spacial score (nSPS) is 15.1. The number of benzene rings is 1. The topological polar surface area (TPSA) is 65.5 Å². The standard InChI is InChI=1S/C16H22N4O2/c1-11-15(20-4-6-22-7-5-20)13(8-14(17)16(11)21-3)12-9-18-19(2)10-12/h8-10H,4-7,17H2,1-3H3. The summed E-state index contributed by atoms with van der Waals surface area (Å²) in [5, 5.41) is 4.28. The molecule has 22 heavy (non-hydrogen) atoms. The molecular formula is C16H22N4O2. The van der Waals surface area contributed by atoms with Crippen LogP contribution in [-0.2, 0) is 11.8 Å². The predicted molar refractivity (Wildman–Crippen MR) is 87.4 cm³/mol. The highest BCUT2D eigenvalue weighted by Gasteiger charge is 2.22. The van der Waals surface area contributed by atoms with Gasteiger partial charge in [-0.1, -0.05) is 0 Å². The molecule has 0 atom stereocenters. The number of nitrogens with zero attached hydrogens (tertiary/aromatic N) is 3. The van der Waals surface area contributed by atoms with Gasteiger partial charge < -0.3 is 20.1 Å². The van der Waals surface area contributed by atoms with Gasteiger partial charge in [-0.15, -0.1) is 0 Å². The quantitative estimate of drug-likeness (QED) is 0.876. The number of rotatable bonds is 3. The Morgan fingerprint density at radius 2 is 2.05 bits per heavy atom. The molecule has 2 heterocycles. The minimum Gasteiger partial charge on any atom is -0.494 e. The molecule has 0 amide bonds. The van der Waals surface area contributed by atoms with Crippen LogP contribution in [0.3, 0.4) is 0 Å². The number of ether oxygens (including phenoxy) is 2. The van der Waals surface area contributed by atoms with Crippen molar-refractivity contribution in [1.82, 2.24) is 9.78 Å². The molecule has 0 bridgehead atoms. The van der Waals surface area contributed by atoms with Crippen molar-refractivity contribution in [3.05, 3.63) is 24.0 Å². The van der Waals surface area contributed by atoms with Crippen LogP contribution in [0.15, 0.2) is 18.5 Å². The van der Waals surface area contributed by atoms with Crippen LogP contribution in [0.2, 0.25) is 0 Å². The number of hydrogen-bond acceptors (Lipinski definition) is 5. The van der Waals surface area contributed by atoms with E-state index in [1.807, 2.05) is 25.5 Å². The Hall–Kier alpha value is -2.21. The van der Waals surface area contributed by atoms with Crippen LogP contribution in [0, 0.1) is 6.92 Å². The molecule has 0 aliphatic carbocycles. The van der Waals surface area contributed by atoms with Crippen LogP contribution in [0.4, 0.5) is 11.4 Å². The van der Waals surface area contributed by atoms with E-state index in [4.69, 9.17) is 15.2 Å². The summed E-state index contributed by atoms with van der Waals surface area (Å²) in [6.07, 6.45) is 3.87. The first-order chi connectivity index (χ1) is 10.6. The molecule has 2 aromatic rings. The van der Waals surface area contributed by atoms with Crippen molar-refractivity contribution in [2.45, 2.75) is 6.92 Å². The molecule has 0 saturated carbocycles. The first-order valence-corrected chi connectivity index (χ1v) is 7.40. The van der Waals surface area contributed by atoms with E-state index < -0.39 is 0 Å². The fourth-order valence-corrected chi connectivity index (χ4v) is 3.06. The van der Waals surface area contributed by atoms with Crippen molar-refractivity contribution >= 4 is 11.4 Å². The van der Waals surface area contributed by atoms with Crippen LogP contribution >= 0.6 is 0 Å². The number of hydrogen-bond donors (Lipinski definition) is 1. The van der Waals surface area contributed by atoms with Crippen LogP contribution in [0.5, 0.6) is 5.75 Å². The smallest absolute Gasteiger partial charge is 0.146 e. The number of anilines is 2. The maximum absolute atomic E-state index is 6.18. The van der Waals surface area contributed by atoms with E-state index in [-0.39, 0.29) is 0 Å². The minimum atomic E-state index is 0.649. The van der Waals surface area contributed by atoms with E-state index in [9.17, 15) is 0 Å². The zero-order chi connectivity index (χ0) is 15.7. The monoisotopic (exact) mass is 302 g/mol. The van der Waals surface area contributed by atoms with Crippen molar-refractivity contribution in [3.63, 3.8) is 0 Å². The van der Waals surface area contributed by atoms with Crippen molar-refractivity contribution in [1.29, 1.82) is 0 Å². The summed E-state index contributed by atoms with van der Waals surface area (Å²) in [4.78, 5) is 2.34. The van der Waals surface area contributed by atoms with Crippen LogP contribution in [-0.4, -0.2) is 43.2 Å². The maximum Gasteiger partial charge on any atom is 0.146 e. The largest absolute Gasteiger partial charge is 0.494 e. The van der Waals surface area contributed by atoms with Crippen LogP contribution in [0.25, 0.3) is 11.1 Å². The molecule has 6 heteroatoms. The average molecular weight is 302 g/mol. The van der Waals surface area contributed by atoms with E-state index in [0.29, 0.717) is 5.69 Å². The van der Waals surface area contributed by atoms with E-state index in [2.05, 4.69) is 16.9 Å². The molecule has 1 aromatic carbocycles. The zero-order valence-corrected chi connectivity index (χ0v) is 13.3. The molecule has 1 saturated heterocycles. The summed E-state index contributed by atoms with van der Waals surface area (Å²) in [6, 6.07) is 1.98. The molecule has 0 unspecified atom stereocenters. The summed E-state index contributed by atoms with van der Waals surface area (Å²) >= 11 is 0.